The molecule has 0 saturated carbocycles. The number of quaternary nitrogens is 1. The first-order chi connectivity index (χ1) is 8.81. The largest absolute Gasteiger partial charge is 0.351 e. The number of aromatic nitrogens is 1. The Morgan fingerprint density at radius 1 is 1.28 bits per heavy atom. The highest BCUT2D eigenvalue weighted by atomic mass is 32.1. The lowest BCUT2D eigenvalue weighted by molar-refractivity contribution is -0.883. The SMILES string of the molecule is C[NH+]1CCN(C=Nc2nc3c(s2)CCCC3)CC1. The van der Waals surface area contributed by atoms with Crippen LogP contribution in [0.4, 0.5) is 5.13 Å². The predicted octanol–water partition coefficient (Wildman–Crippen LogP) is 0.512. The van der Waals surface area contributed by atoms with E-state index in [1.54, 1.807) is 16.2 Å². The molecule has 0 amide bonds. The van der Waals surface area contributed by atoms with E-state index < -0.39 is 0 Å². The van der Waals surface area contributed by atoms with E-state index in [0.29, 0.717) is 0 Å². The molecule has 5 heteroatoms. The normalized spacial score (nSPS) is 21.5. The van der Waals surface area contributed by atoms with Crippen molar-refractivity contribution in [2.45, 2.75) is 25.7 Å². The molecule has 1 N–H and O–H groups in total. The third kappa shape index (κ3) is 2.72. The molecule has 1 aromatic heterocycles. The molecule has 0 radical (unpaired) electrons. The second-order valence-corrected chi connectivity index (χ2v) is 6.37. The number of aryl methyl sites for hydroxylation is 2. The molecule has 0 unspecified atom stereocenters. The molecule has 3 rings (SSSR count). The molecule has 1 aliphatic heterocycles. The minimum Gasteiger partial charge on any atom is -0.351 e. The summed E-state index contributed by atoms with van der Waals surface area (Å²) in [5.41, 5.74) is 1.31. The van der Waals surface area contributed by atoms with Crippen molar-refractivity contribution in [1.29, 1.82) is 0 Å². The fourth-order valence-corrected chi connectivity index (χ4v) is 3.53. The molecular weight excluding hydrogens is 244 g/mol. The summed E-state index contributed by atoms with van der Waals surface area (Å²) in [7, 11) is 2.25. The van der Waals surface area contributed by atoms with Crippen LogP contribution < -0.4 is 4.90 Å². The van der Waals surface area contributed by atoms with Crippen molar-refractivity contribution < 1.29 is 4.90 Å². The number of piperazine rings is 1. The molecule has 0 aromatic carbocycles. The van der Waals surface area contributed by atoms with E-state index in [9.17, 15) is 0 Å². The summed E-state index contributed by atoms with van der Waals surface area (Å²) in [4.78, 5) is 14.6. The number of nitrogens with one attached hydrogen (secondary N) is 1. The number of hydrogen-bond donors (Lipinski definition) is 1. The van der Waals surface area contributed by atoms with Crippen LogP contribution in [0.5, 0.6) is 0 Å². The van der Waals surface area contributed by atoms with Crippen LogP contribution in [0.25, 0.3) is 0 Å². The van der Waals surface area contributed by atoms with E-state index >= 15 is 0 Å². The lowest BCUT2D eigenvalue weighted by Crippen LogP contribution is -3.11. The van der Waals surface area contributed by atoms with Gasteiger partial charge in [-0.05, 0) is 25.7 Å². The maximum Gasteiger partial charge on any atom is 0.210 e. The second kappa shape index (κ2) is 5.36. The average molecular weight is 265 g/mol. The summed E-state index contributed by atoms with van der Waals surface area (Å²) in [6.07, 6.45) is 6.97. The third-order valence-corrected chi connectivity index (χ3v) is 4.88. The minimum absolute atomic E-state index is 0.952. The summed E-state index contributed by atoms with van der Waals surface area (Å²) in [5.74, 6) is 0. The van der Waals surface area contributed by atoms with Gasteiger partial charge in [0.1, 0.15) is 0 Å². The van der Waals surface area contributed by atoms with Crippen molar-refractivity contribution in [3.8, 4) is 0 Å². The van der Waals surface area contributed by atoms with Gasteiger partial charge in [-0.15, -0.1) is 0 Å². The molecule has 0 atom stereocenters. The molecule has 4 nitrogen and oxygen atoms in total. The van der Waals surface area contributed by atoms with E-state index in [1.165, 1.54) is 42.9 Å². The molecule has 2 aliphatic rings. The van der Waals surface area contributed by atoms with E-state index in [-0.39, 0.29) is 0 Å². The lowest BCUT2D eigenvalue weighted by Gasteiger charge is -2.28. The molecule has 2 heterocycles. The Morgan fingerprint density at radius 3 is 2.83 bits per heavy atom. The van der Waals surface area contributed by atoms with Gasteiger partial charge in [-0.3, -0.25) is 0 Å². The Labute approximate surface area is 112 Å². The van der Waals surface area contributed by atoms with Crippen molar-refractivity contribution in [2.24, 2.45) is 4.99 Å². The monoisotopic (exact) mass is 265 g/mol. The zero-order valence-corrected chi connectivity index (χ0v) is 11.8. The van der Waals surface area contributed by atoms with Gasteiger partial charge in [-0.1, -0.05) is 11.3 Å². The molecule has 0 bridgehead atoms. The number of thiazole rings is 1. The first-order valence-corrected chi connectivity index (χ1v) is 7.71. The molecule has 0 spiro atoms. The van der Waals surface area contributed by atoms with Gasteiger partial charge in [0.05, 0.1) is 45.3 Å². The van der Waals surface area contributed by atoms with Crippen LogP contribution in [0.3, 0.4) is 0 Å². The molecular formula is C13H21N4S+. The van der Waals surface area contributed by atoms with Crippen LogP contribution in [0.1, 0.15) is 23.4 Å². The molecule has 98 valence electrons. The fourth-order valence-electron chi connectivity index (χ4n) is 2.55. The first-order valence-electron chi connectivity index (χ1n) is 6.89. The number of nitrogens with zero attached hydrogens (tertiary/aromatic N) is 3. The van der Waals surface area contributed by atoms with Gasteiger partial charge in [0.25, 0.3) is 0 Å². The smallest absolute Gasteiger partial charge is 0.210 e. The Bertz CT molecular complexity index is 409. The van der Waals surface area contributed by atoms with Crippen LogP contribution in [0.2, 0.25) is 0 Å². The van der Waals surface area contributed by atoms with Crippen LogP contribution in [0, 0.1) is 0 Å². The van der Waals surface area contributed by atoms with Gasteiger partial charge in [-0.25, -0.2) is 9.98 Å². The molecule has 1 aliphatic carbocycles. The highest BCUT2D eigenvalue weighted by molar-refractivity contribution is 7.15. The van der Waals surface area contributed by atoms with E-state index in [1.807, 2.05) is 6.34 Å². The van der Waals surface area contributed by atoms with Gasteiger partial charge < -0.3 is 9.80 Å². The Hall–Kier alpha value is -0.940. The number of likely N-dealkylation sites (N-methyl/N-ethyl adjacent to an activating group) is 1. The summed E-state index contributed by atoms with van der Waals surface area (Å²) in [5, 5.41) is 0.952. The lowest BCUT2D eigenvalue weighted by atomic mass is 10.0. The Balaban J connectivity index is 1.63. The van der Waals surface area contributed by atoms with Crippen molar-refractivity contribution in [1.82, 2.24) is 9.88 Å². The van der Waals surface area contributed by atoms with Crippen LogP contribution in [0.15, 0.2) is 4.99 Å². The molecule has 1 aromatic rings. The Morgan fingerprint density at radius 2 is 2.06 bits per heavy atom. The predicted molar refractivity (Wildman–Crippen MR) is 75.1 cm³/mol. The number of hydrogen-bond acceptors (Lipinski definition) is 3. The maximum atomic E-state index is 4.64. The van der Waals surface area contributed by atoms with Crippen molar-refractivity contribution >= 4 is 22.8 Å². The van der Waals surface area contributed by atoms with Crippen LogP contribution in [-0.4, -0.2) is 49.4 Å². The van der Waals surface area contributed by atoms with Gasteiger partial charge in [-0.2, -0.15) is 0 Å². The summed E-state index contributed by atoms with van der Waals surface area (Å²) in [6.45, 7) is 4.64. The van der Waals surface area contributed by atoms with Gasteiger partial charge in [0.2, 0.25) is 5.13 Å². The average Bonchev–Trinajstić information content (AvgIpc) is 2.81. The third-order valence-electron chi connectivity index (χ3n) is 3.82. The van der Waals surface area contributed by atoms with Gasteiger partial charge in [0, 0.05) is 4.88 Å². The highest BCUT2D eigenvalue weighted by Crippen LogP contribution is 2.30. The van der Waals surface area contributed by atoms with E-state index in [0.717, 1.165) is 24.6 Å². The van der Waals surface area contributed by atoms with Crippen molar-refractivity contribution in [2.75, 3.05) is 33.2 Å². The van der Waals surface area contributed by atoms with Gasteiger partial charge >= 0.3 is 0 Å². The molecule has 1 saturated heterocycles. The zero-order chi connectivity index (χ0) is 12.4. The van der Waals surface area contributed by atoms with Crippen LogP contribution in [-0.2, 0) is 12.8 Å². The number of fused-ring (bicyclic) bond motifs is 1. The molecule has 1 fully saturated rings. The number of aliphatic imine (C=N–C) groups is 1. The summed E-state index contributed by atoms with van der Waals surface area (Å²) < 4.78 is 0. The summed E-state index contributed by atoms with van der Waals surface area (Å²) in [6, 6.07) is 0. The fraction of sp³-hybridized carbons (Fsp3) is 0.692. The zero-order valence-electron chi connectivity index (χ0n) is 11.0. The topological polar surface area (TPSA) is 32.9 Å². The second-order valence-electron chi connectivity index (χ2n) is 5.31. The van der Waals surface area contributed by atoms with Crippen LogP contribution >= 0.6 is 11.3 Å². The quantitative estimate of drug-likeness (QED) is 0.624. The number of rotatable bonds is 2. The first kappa shape index (κ1) is 12.1. The maximum absolute atomic E-state index is 4.64. The minimum atomic E-state index is 0.952. The van der Waals surface area contributed by atoms with Crippen molar-refractivity contribution in [3.05, 3.63) is 10.6 Å². The Kier molecular flexibility index (Phi) is 3.61. The standard InChI is InChI=1S/C13H20N4S/c1-16-6-8-17(9-7-16)10-14-13-15-11-4-2-3-5-12(11)18-13/h10H,2-9H2,1H3/p+1. The van der Waals surface area contributed by atoms with E-state index in [4.69, 9.17) is 0 Å². The van der Waals surface area contributed by atoms with Gasteiger partial charge in [0.15, 0.2) is 0 Å². The van der Waals surface area contributed by atoms with Crippen molar-refractivity contribution in [3.63, 3.8) is 0 Å². The summed E-state index contributed by atoms with van der Waals surface area (Å²) >= 11 is 1.78. The van der Waals surface area contributed by atoms with E-state index in [2.05, 4.69) is 21.9 Å². The highest BCUT2D eigenvalue weighted by Gasteiger charge is 2.16. The molecule has 18 heavy (non-hydrogen) atoms.